The van der Waals surface area contributed by atoms with Crippen LogP contribution in [0.3, 0.4) is 0 Å². The van der Waals surface area contributed by atoms with Crippen molar-refractivity contribution in [2.75, 3.05) is 0 Å². The van der Waals surface area contributed by atoms with E-state index in [1.807, 2.05) is 13.0 Å². The Hall–Kier alpha value is -3.96. The van der Waals surface area contributed by atoms with Crippen molar-refractivity contribution >= 4 is 0 Å². The van der Waals surface area contributed by atoms with Gasteiger partial charge in [-0.3, -0.25) is 9.78 Å². The summed E-state index contributed by atoms with van der Waals surface area (Å²) in [6, 6.07) is 9.91. The third-order valence-corrected chi connectivity index (χ3v) is 6.56. The first kappa shape index (κ1) is 29.0. The van der Waals surface area contributed by atoms with Crippen molar-refractivity contribution in [3.63, 3.8) is 0 Å². The lowest BCUT2D eigenvalue weighted by molar-refractivity contribution is -0.138. The van der Waals surface area contributed by atoms with Crippen LogP contribution in [0, 0.1) is 12.7 Å². The first-order valence-electron chi connectivity index (χ1n) is 12.6. The van der Waals surface area contributed by atoms with E-state index in [0.29, 0.717) is 18.4 Å². The number of hydrogen-bond acceptors (Lipinski definition) is 5. The molecular weight excluding hydrogens is 538 g/mol. The average Bonchev–Trinajstić information content (AvgIpc) is 3.41. The SMILES string of the molecule is Cc1cccc(F)c1.O=c1c(C2CCCCC2)cc(-c2ocnc2C(F)F)nn1Cc1ncccc1C(F)(F)F. The fourth-order valence-electron chi connectivity index (χ4n) is 4.66. The van der Waals surface area contributed by atoms with Crippen LogP contribution < -0.4 is 5.56 Å². The molecule has 1 aromatic carbocycles. The molecule has 0 unspecified atom stereocenters. The van der Waals surface area contributed by atoms with E-state index in [4.69, 9.17) is 4.42 Å². The first-order valence-corrected chi connectivity index (χ1v) is 12.6. The lowest BCUT2D eigenvalue weighted by Crippen LogP contribution is -2.30. The Morgan fingerprint density at radius 2 is 1.80 bits per heavy atom. The van der Waals surface area contributed by atoms with Gasteiger partial charge in [-0.05, 0) is 61.6 Å². The number of oxazole rings is 1. The predicted octanol–water partition coefficient (Wildman–Crippen LogP) is 7.48. The van der Waals surface area contributed by atoms with Crippen molar-refractivity contribution < 1.29 is 30.8 Å². The third-order valence-electron chi connectivity index (χ3n) is 6.56. The molecule has 0 saturated heterocycles. The van der Waals surface area contributed by atoms with Crippen molar-refractivity contribution in [2.24, 2.45) is 0 Å². The summed E-state index contributed by atoms with van der Waals surface area (Å²) in [4.78, 5) is 20.5. The predicted molar refractivity (Wildman–Crippen MR) is 134 cm³/mol. The number of hydrogen-bond donors (Lipinski definition) is 0. The minimum absolute atomic E-state index is 0.0811. The molecule has 0 N–H and O–H groups in total. The van der Waals surface area contributed by atoms with Gasteiger partial charge >= 0.3 is 6.18 Å². The molecule has 5 rings (SSSR count). The summed E-state index contributed by atoms with van der Waals surface area (Å²) in [5.74, 6) is -0.624. The van der Waals surface area contributed by atoms with Gasteiger partial charge in [0, 0.05) is 11.8 Å². The normalized spacial score (nSPS) is 14.2. The van der Waals surface area contributed by atoms with Gasteiger partial charge < -0.3 is 4.42 Å². The number of benzene rings is 1. The van der Waals surface area contributed by atoms with E-state index in [1.54, 1.807) is 6.07 Å². The van der Waals surface area contributed by atoms with Gasteiger partial charge in [-0.15, -0.1) is 0 Å². The lowest BCUT2D eigenvalue weighted by Gasteiger charge is -2.22. The molecule has 3 heterocycles. The molecule has 1 fully saturated rings. The summed E-state index contributed by atoms with van der Waals surface area (Å²) >= 11 is 0. The molecule has 6 nitrogen and oxygen atoms in total. The van der Waals surface area contributed by atoms with Crippen LogP contribution in [0.4, 0.5) is 26.3 Å². The van der Waals surface area contributed by atoms with Crippen LogP contribution in [-0.4, -0.2) is 19.7 Å². The van der Waals surface area contributed by atoms with Crippen LogP contribution in [0.1, 0.15) is 72.5 Å². The second kappa shape index (κ2) is 12.5. The van der Waals surface area contributed by atoms with E-state index in [0.717, 1.165) is 48.0 Å². The highest BCUT2D eigenvalue weighted by Gasteiger charge is 2.34. The zero-order chi connectivity index (χ0) is 28.9. The highest BCUT2D eigenvalue weighted by atomic mass is 19.4. The van der Waals surface area contributed by atoms with Gasteiger partial charge in [0.15, 0.2) is 17.8 Å². The standard InChI is InChI=1S/C21H19F5N4O2.C7H7F/c22-19(23)17-18(32-11-28-17)15-9-13(12-5-2-1-3-6-12)20(31)30(29-15)10-16-14(21(24,25)26)7-4-8-27-16;1-6-3-2-4-7(8)5-6/h4,7-9,11-12,19H,1-3,5-6,10H2;2-5H,1H3. The average molecular weight is 565 g/mol. The molecule has 0 radical (unpaired) electrons. The molecule has 212 valence electrons. The summed E-state index contributed by atoms with van der Waals surface area (Å²) < 4.78 is 85.1. The van der Waals surface area contributed by atoms with Crippen LogP contribution in [0.2, 0.25) is 0 Å². The van der Waals surface area contributed by atoms with E-state index >= 15 is 0 Å². The summed E-state index contributed by atoms with van der Waals surface area (Å²) in [7, 11) is 0. The van der Waals surface area contributed by atoms with Crippen LogP contribution in [0.15, 0.2) is 64.3 Å². The zero-order valence-electron chi connectivity index (χ0n) is 21.5. The van der Waals surface area contributed by atoms with Gasteiger partial charge in [0.05, 0.1) is 17.8 Å². The molecule has 0 spiro atoms. The summed E-state index contributed by atoms with van der Waals surface area (Å²) in [5.41, 5.74) is -1.41. The van der Waals surface area contributed by atoms with Gasteiger partial charge in [0.2, 0.25) is 0 Å². The Balaban J connectivity index is 0.000000398. The molecular formula is C28H26F6N4O2. The van der Waals surface area contributed by atoms with E-state index in [-0.39, 0.29) is 23.2 Å². The van der Waals surface area contributed by atoms with E-state index in [9.17, 15) is 31.1 Å². The van der Waals surface area contributed by atoms with Gasteiger partial charge in [-0.1, -0.05) is 31.4 Å². The van der Waals surface area contributed by atoms with Crippen molar-refractivity contribution in [2.45, 2.75) is 64.1 Å². The molecule has 3 aromatic heterocycles. The fraction of sp³-hybridized carbons (Fsp3) is 0.357. The van der Waals surface area contributed by atoms with Crippen LogP contribution in [0.25, 0.3) is 11.5 Å². The molecule has 0 amide bonds. The Kier molecular flexibility index (Phi) is 9.06. The largest absolute Gasteiger partial charge is 0.441 e. The molecule has 0 bridgehead atoms. The number of halogens is 6. The van der Waals surface area contributed by atoms with Crippen molar-refractivity contribution in [3.05, 3.63) is 99.3 Å². The number of aromatic nitrogens is 4. The van der Waals surface area contributed by atoms with Crippen molar-refractivity contribution in [3.8, 4) is 11.5 Å². The molecule has 1 aliphatic rings. The second-order valence-corrected chi connectivity index (χ2v) is 9.44. The Labute approximate surface area is 225 Å². The highest BCUT2D eigenvalue weighted by molar-refractivity contribution is 5.55. The summed E-state index contributed by atoms with van der Waals surface area (Å²) in [6.07, 6.45) is -1.36. The van der Waals surface area contributed by atoms with E-state index < -0.39 is 41.7 Å². The van der Waals surface area contributed by atoms with Gasteiger partial charge in [-0.2, -0.15) is 18.3 Å². The molecule has 0 aliphatic heterocycles. The van der Waals surface area contributed by atoms with Crippen LogP contribution >= 0.6 is 0 Å². The number of rotatable bonds is 5. The van der Waals surface area contributed by atoms with Crippen LogP contribution in [-0.2, 0) is 12.7 Å². The molecule has 1 saturated carbocycles. The van der Waals surface area contributed by atoms with Crippen LogP contribution in [0.5, 0.6) is 0 Å². The monoisotopic (exact) mass is 564 g/mol. The number of aryl methyl sites for hydroxylation is 1. The quantitative estimate of drug-likeness (QED) is 0.235. The Morgan fingerprint density at radius 1 is 1.05 bits per heavy atom. The summed E-state index contributed by atoms with van der Waals surface area (Å²) in [5, 5.41) is 4.06. The van der Waals surface area contributed by atoms with E-state index in [2.05, 4.69) is 15.1 Å². The maximum atomic E-state index is 13.4. The molecule has 0 atom stereocenters. The summed E-state index contributed by atoms with van der Waals surface area (Å²) in [6.45, 7) is 1.29. The Morgan fingerprint density at radius 3 is 2.42 bits per heavy atom. The molecule has 40 heavy (non-hydrogen) atoms. The molecule has 1 aliphatic carbocycles. The maximum absolute atomic E-state index is 13.4. The molecule has 12 heteroatoms. The third kappa shape index (κ3) is 6.97. The lowest BCUT2D eigenvalue weighted by atomic mass is 9.84. The van der Waals surface area contributed by atoms with E-state index in [1.165, 1.54) is 24.4 Å². The Bertz CT molecular complexity index is 1480. The topological polar surface area (TPSA) is 73.8 Å². The van der Waals surface area contributed by atoms with Gasteiger partial charge in [-0.25, -0.2) is 22.8 Å². The first-order chi connectivity index (χ1) is 19.0. The van der Waals surface area contributed by atoms with Crippen molar-refractivity contribution in [1.82, 2.24) is 19.7 Å². The number of pyridine rings is 1. The zero-order valence-corrected chi connectivity index (χ0v) is 21.5. The van der Waals surface area contributed by atoms with Crippen molar-refractivity contribution in [1.29, 1.82) is 0 Å². The number of alkyl halides is 5. The van der Waals surface area contributed by atoms with Gasteiger partial charge in [0.25, 0.3) is 12.0 Å². The number of nitrogens with zero attached hydrogens (tertiary/aromatic N) is 4. The minimum atomic E-state index is -4.68. The second-order valence-electron chi connectivity index (χ2n) is 9.44. The molecule has 4 aromatic rings. The smallest absolute Gasteiger partial charge is 0.418 e. The highest BCUT2D eigenvalue weighted by Crippen LogP contribution is 2.35. The fourth-order valence-corrected chi connectivity index (χ4v) is 4.66. The van der Waals surface area contributed by atoms with Gasteiger partial charge in [0.1, 0.15) is 11.5 Å². The maximum Gasteiger partial charge on any atom is 0.418 e. The minimum Gasteiger partial charge on any atom is -0.441 e.